The molecular formula is C14H21FN2O2S. The Bertz CT molecular complexity index is 583. The Morgan fingerprint density at radius 3 is 2.60 bits per heavy atom. The smallest absolute Gasteiger partial charge is 0.240 e. The second-order valence-electron chi connectivity index (χ2n) is 5.38. The van der Waals surface area contributed by atoms with Crippen molar-refractivity contribution < 1.29 is 12.8 Å². The number of halogens is 1. The molecule has 0 amide bonds. The maximum atomic E-state index is 13.8. The van der Waals surface area contributed by atoms with Gasteiger partial charge in [0.2, 0.25) is 10.0 Å². The van der Waals surface area contributed by atoms with E-state index in [1.807, 2.05) is 0 Å². The number of sulfonamides is 1. The second-order valence-corrected chi connectivity index (χ2v) is 7.12. The van der Waals surface area contributed by atoms with Crippen molar-refractivity contribution in [2.45, 2.75) is 37.6 Å². The predicted octanol–water partition coefficient (Wildman–Crippen LogP) is 1.93. The molecule has 0 heterocycles. The van der Waals surface area contributed by atoms with Crippen molar-refractivity contribution in [3.63, 3.8) is 0 Å². The fraction of sp³-hybridized carbons (Fsp3) is 0.571. The molecule has 1 fully saturated rings. The summed E-state index contributed by atoms with van der Waals surface area (Å²) in [6.07, 6.45) is 3.29. The lowest BCUT2D eigenvalue weighted by molar-refractivity contribution is 0.316. The van der Waals surface area contributed by atoms with E-state index >= 15 is 0 Å². The van der Waals surface area contributed by atoms with Gasteiger partial charge in [0.1, 0.15) is 5.82 Å². The minimum atomic E-state index is -3.64. The van der Waals surface area contributed by atoms with E-state index in [1.165, 1.54) is 19.1 Å². The lowest BCUT2D eigenvalue weighted by Gasteiger charge is -2.25. The zero-order valence-electron chi connectivity index (χ0n) is 11.9. The zero-order chi connectivity index (χ0) is 14.8. The molecule has 1 saturated carbocycles. The fourth-order valence-corrected chi connectivity index (χ4v) is 3.71. The first-order valence-electron chi connectivity index (χ1n) is 6.87. The molecule has 0 bridgehead atoms. The molecule has 0 aliphatic heterocycles. The third-order valence-electron chi connectivity index (χ3n) is 3.81. The fourth-order valence-electron chi connectivity index (χ4n) is 2.29. The van der Waals surface area contributed by atoms with Gasteiger partial charge < -0.3 is 5.32 Å². The van der Waals surface area contributed by atoms with E-state index in [9.17, 15) is 12.8 Å². The molecule has 0 unspecified atom stereocenters. The Hall–Kier alpha value is -0.980. The molecule has 6 heteroatoms. The topological polar surface area (TPSA) is 58.2 Å². The summed E-state index contributed by atoms with van der Waals surface area (Å²) < 4.78 is 41.1. The van der Waals surface area contributed by atoms with Crippen LogP contribution in [0.3, 0.4) is 0 Å². The average Bonchev–Trinajstić information content (AvgIpc) is 2.31. The number of nitrogens with one attached hydrogen (secondary N) is 2. The minimum absolute atomic E-state index is 0.0436. The van der Waals surface area contributed by atoms with Crippen LogP contribution < -0.4 is 10.0 Å². The average molecular weight is 300 g/mol. The van der Waals surface area contributed by atoms with E-state index in [1.54, 1.807) is 7.05 Å². The molecule has 20 heavy (non-hydrogen) atoms. The third kappa shape index (κ3) is 3.37. The van der Waals surface area contributed by atoms with Crippen molar-refractivity contribution in [2.75, 3.05) is 13.6 Å². The lowest BCUT2D eigenvalue weighted by Crippen LogP contribution is -2.32. The summed E-state index contributed by atoms with van der Waals surface area (Å²) in [4.78, 5) is 0.0436. The molecule has 0 spiro atoms. The summed E-state index contributed by atoms with van der Waals surface area (Å²) in [5, 5.41) is 2.90. The molecule has 1 aliphatic carbocycles. The van der Waals surface area contributed by atoms with Gasteiger partial charge in [-0.25, -0.2) is 17.5 Å². The van der Waals surface area contributed by atoms with Crippen molar-refractivity contribution in [1.82, 2.24) is 10.0 Å². The van der Waals surface area contributed by atoms with E-state index in [0.29, 0.717) is 24.6 Å². The summed E-state index contributed by atoms with van der Waals surface area (Å²) in [5.74, 6) is -0.0582. The minimum Gasteiger partial charge on any atom is -0.316 e. The summed E-state index contributed by atoms with van der Waals surface area (Å²) in [7, 11) is -1.91. The van der Waals surface area contributed by atoms with Gasteiger partial charge in [-0.1, -0.05) is 6.42 Å². The molecule has 1 aliphatic rings. The van der Waals surface area contributed by atoms with Crippen molar-refractivity contribution in [1.29, 1.82) is 0 Å². The van der Waals surface area contributed by atoms with Crippen LogP contribution in [0.1, 0.15) is 30.4 Å². The Morgan fingerprint density at radius 1 is 1.35 bits per heavy atom. The first-order valence-corrected chi connectivity index (χ1v) is 8.35. The van der Waals surface area contributed by atoms with Gasteiger partial charge in [-0.05, 0) is 50.4 Å². The Labute approximate surface area is 119 Å². The van der Waals surface area contributed by atoms with Gasteiger partial charge in [0.05, 0.1) is 4.90 Å². The largest absolute Gasteiger partial charge is 0.316 e. The summed E-state index contributed by atoms with van der Waals surface area (Å²) in [6, 6.07) is 2.91. The van der Waals surface area contributed by atoms with Crippen LogP contribution in [0.5, 0.6) is 0 Å². The molecule has 1 aromatic carbocycles. The number of hydrogen-bond donors (Lipinski definition) is 2. The summed E-state index contributed by atoms with van der Waals surface area (Å²) >= 11 is 0. The number of benzene rings is 1. The molecule has 4 nitrogen and oxygen atoms in total. The van der Waals surface area contributed by atoms with Gasteiger partial charge in [0.15, 0.2) is 0 Å². The highest BCUT2D eigenvalue weighted by Gasteiger charge is 2.23. The third-order valence-corrected chi connectivity index (χ3v) is 5.36. The zero-order valence-corrected chi connectivity index (χ0v) is 12.7. The van der Waals surface area contributed by atoms with Crippen LogP contribution in [-0.2, 0) is 16.6 Å². The van der Waals surface area contributed by atoms with E-state index in [2.05, 4.69) is 10.0 Å². The highest BCUT2D eigenvalue weighted by atomic mass is 32.2. The summed E-state index contributed by atoms with van der Waals surface area (Å²) in [5.41, 5.74) is 0.797. The molecule has 0 radical (unpaired) electrons. The molecule has 2 N–H and O–H groups in total. The maximum absolute atomic E-state index is 13.8. The molecular weight excluding hydrogens is 279 g/mol. The highest BCUT2D eigenvalue weighted by Crippen LogP contribution is 2.26. The van der Waals surface area contributed by atoms with Crippen molar-refractivity contribution in [2.24, 2.45) is 5.92 Å². The molecule has 112 valence electrons. The van der Waals surface area contributed by atoms with Crippen LogP contribution in [0.25, 0.3) is 0 Å². The lowest BCUT2D eigenvalue weighted by atomic mass is 9.86. The van der Waals surface area contributed by atoms with Gasteiger partial charge in [-0.15, -0.1) is 0 Å². The first-order chi connectivity index (χ1) is 9.44. The van der Waals surface area contributed by atoms with Crippen LogP contribution >= 0.6 is 0 Å². The number of hydrogen-bond acceptors (Lipinski definition) is 3. The van der Waals surface area contributed by atoms with Crippen LogP contribution in [-0.4, -0.2) is 22.0 Å². The first kappa shape index (κ1) is 15.4. The van der Waals surface area contributed by atoms with E-state index in [-0.39, 0.29) is 10.5 Å². The molecule has 0 aromatic heterocycles. The van der Waals surface area contributed by atoms with Gasteiger partial charge >= 0.3 is 0 Å². The monoisotopic (exact) mass is 300 g/mol. The maximum Gasteiger partial charge on any atom is 0.240 e. The standard InChI is InChI=1S/C14H21FN2O2S/c1-10-13(15)6-12(8-16-2)7-14(10)20(18,19)17-9-11-4-3-5-11/h6-7,11,16-17H,3-5,8-9H2,1-2H3. The highest BCUT2D eigenvalue weighted by molar-refractivity contribution is 7.89. The summed E-state index contributed by atoms with van der Waals surface area (Å²) in [6.45, 7) is 2.37. The van der Waals surface area contributed by atoms with Crippen LogP contribution in [0.2, 0.25) is 0 Å². The van der Waals surface area contributed by atoms with Crippen molar-refractivity contribution in [3.05, 3.63) is 29.1 Å². The quantitative estimate of drug-likeness (QED) is 0.844. The SMILES string of the molecule is CNCc1cc(F)c(C)c(S(=O)(=O)NCC2CCC2)c1. The number of rotatable bonds is 6. The molecule has 2 rings (SSSR count). The predicted molar refractivity (Wildman–Crippen MR) is 76.4 cm³/mol. The Kier molecular flexibility index (Phi) is 4.78. The van der Waals surface area contributed by atoms with Gasteiger partial charge in [0, 0.05) is 18.7 Å². The van der Waals surface area contributed by atoms with Crippen LogP contribution in [0.4, 0.5) is 4.39 Å². The van der Waals surface area contributed by atoms with Crippen LogP contribution in [0.15, 0.2) is 17.0 Å². The van der Waals surface area contributed by atoms with Crippen molar-refractivity contribution in [3.8, 4) is 0 Å². The van der Waals surface area contributed by atoms with Gasteiger partial charge in [0.25, 0.3) is 0 Å². The van der Waals surface area contributed by atoms with E-state index in [0.717, 1.165) is 19.3 Å². The molecule has 1 aromatic rings. The van der Waals surface area contributed by atoms with Crippen LogP contribution in [0, 0.1) is 18.7 Å². The van der Waals surface area contributed by atoms with Gasteiger partial charge in [-0.2, -0.15) is 0 Å². The van der Waals surface area contributed by atoms with E-state index in [4.69, 9.17) is 0 Å². The normalized spacial score (nSPS) is 16.1. The Morgan fingerprint density at radius 2 is 2.05 bits per heavy atom. The molecule has 0 saturated heterocycles. The van der Waals surface area contributed by atoms with E-state index < -0.39 is 15.8 Å². The van der Waals surface area contributed by atoms with Crippen molar-refractivity contribution >= 4 is 10.0 Å². The Balaban J connectivity index is 2.24. The second kappa shape index (κ2) is 6.20. The van der Waals surface area contributed by atoms with Gasteiger partial charge in [-0.3, -0.25) is 0 Å². The molecule has 0 atom stereocenters.